The van der Waals surface area contributed by atoms with Crippen LogP contribution in [0.4, 0.5) is 0 Å². The Morgan fingerprint density at radius 1 is 1.06 bits per heavy atom. The second kappa shape index (κ2) is 5.04. The molecule has 0 amide bonds. The van der Waals surface area contributed by atoms with Crippen molar-refractivity contribution >= 4 is 34.8 Å². The van der Waals surface area contributed by atoms with E-state index in [9.17, 15) is 0 Å². The van der Waals surface area contributed by atoms with Crippen molar-refractivity contribution in [3.05, 3.63) is 40.7 Å². The molecular weight excluding hydrogens is 268 g/mol. The van der Waals surface area contributed by atoms with Crippen molar-refractivity contribution in [3.8, 4) is 5.69 Å². The molecule has 0 fully saturated rings. The summed E-state index contributed by atoms with van der Waals surface area (Å²) in [4.78, 5) is 0. The summed E-state index contributed by atoms with van der Waals surface area (Å²) in [5, 5.41) is 8.66. The lowest BCUT2D eigenvalue weighted by molar-refractivity contribution is 0.780. The van der Waals surface area contributed by atoms with Crippen LogP contribution in [0.2, 0.25) is 5.02 Å². The second-order valence-corrected chi connectivity index (χ2v) is 4.11. The Balaban J connectivity index is 2.47. The van der Waals surface area contributed by atoms with Gasteiger partial charge < -0.3 is 0 Å². The fraction of sp³-hybridized carbons (Fsp3) is 0.200. The normalized spacial score (nSPS) is 10.7. The quantitative estimate of drug-likeness (QED) is 0.805. The van der Waals surface area contributed by atoms with E-state index in [1.54, 1.807) is 16.8 Å². The second-order valence-electron chi connectivity index (χ2n) is 3.14. The van der Waals surface area contributed by atoms with E-state index in [1.165, 1.54) is 0 Å². The zero-order valence-electron chi connectivity index (χ0n) is 8.20. The maximum absolute atomic E-state index is 5.85. The number of halogens is 3. The first-order valence-electron chi connectivity index (χ1n) is 4.57. The highest BCUT2D eigenvalue weighted by Gasteiger charge is 2.12. The molecular formula is C10H8Cl3N3. The van der Waals surface area contributed by atoms with E-state index in [0.29, 0.717) is 22.5 Å². The first kappa shape index (κ1) is 11.7. The van der Waals surface area contributed by atoms with Crippen molar-refractivity contribution in [2.75, 3.05) is 0 Å². The molecule has 0 radical (unpaired) electrons. The lowest BCUT2D eigenvalue weighted by atomic mass is 10.3. The Labute approximate surface area is 108 Å². The van der Waals surface area contributed by atoms with Gasteiger partial charge in [-0.15, -0.1) is 28.3 Å². The van der Waals surface area contributed by atoms with Crippen LogP contribution in [0.1, 0.15) is 11.4 Å². The van der Waals surface area contributed by atoms with Crippen molar-refractivity contribution in [2.24, 2.45) is 0 Å². The molecule has 0 saturated carbocycles. The van der Waals surface area contributed by atoms with E-state index < -0.39 is 0 Å². The summed E-state index contributed by atoms with van der Waals surface area (Å²) in [7, 11) is 0. The Kier molecular flexibility index (Phi) is 3.69. The summed E-state index contributed by atoms with van der Waals surface area (Å²) >= 11 is 17.4. The zero-order chi connectivity index (χ0) is 11.5. The van der Waals surface area contributed by atoms with Gasteiger partial charge in [-0.25, -0.2) is 4.68 Å². The number of hydrogen-bond acceptors (Lipinski definition) is 2. The van der Waals surface area contributed by atoms with Gasteiger partial charge in [-0.3, -0.25) is 0 Å². The molecule has 1 aromatic carbocycles. The van der Waals surface area contributed by atoms with Crippen LogP contribution < -0.4 is 0 Å². The average molecular weight is 277 g/mol. The highest BCUT2D eigenvalue weighted by atomic mass is 35.5. The van der Waals surface area contributed by atoms with Crippen LogP contribution in [0.3, 0.4) is 0 Å². The molecule has 3 nitrogen and oxygen atoms in total. The standard InChI is InChI=1S/C10H8Cl3N3/c11-5-9-10(6-12)16(15-14-9)8-3-1-7(13)2-4-8/h1-4H,5-6H2. The summed E-state index contributed by atoms with van der Waals surface area (Å²) in [6.07, 6.45) is 0. The third-order valence-corrected chi connectivity index (χ3v) is 2.93. The summed E-state index contributed by atoms with van der Waals surface area (Å²) in [5.74, 6) is 0.618. The van der Waals surface area contributed by atoms with Gasteiger partial charge in [0, 0.05) is 5.02 Å². The van der Waals surface area contributed by atoms with Crippen LogP contribution in [-0.2, 0) is 11.8 Å². The fourth-order valence-corrected chi connectivity index (χ4v) is 1.96. The Morgan fingerprint density at radius 2 is 1.75 bits per heavy atom. The minimum atomic E-state index is 0.301. The zero-order valence-corrected chi connectivity index (χ0v) is 10.5. The predicted molar refractivity (Wildman–Crippen MR) is 65.5 cm³/mol. The number of benzene rings is 1. The summed E-state index contributed by atoms with van der Waals surface area (Å²) in [6, 6.07) is 7.28. The Morgan fingerprint density at radius 3 is 2.31 bits per heavy atom. The van der Waals surface area contributed by atoms with E-state index in [0.717, 1.165) is 11.4 Å². The number of alkyl halides is 2. The monoisotopic (exact) mass is 275 g/mol. The molecule has 0 saturated heterocycles. The third kappa shape index (κ3) is 2.17. The molecule has 1 heterocycles. The van der Waals surface area contributed by atoms with Crippen LogP contribution in [0.15, 0.2) is 24.3 Å². The van der Waals surface area contributed by atoms with E-state index in [4.69, 9.17) is 34.8 Å². The predicted octanol–water partition coefficient (Wildman–Crippen LogP) is 3.40. The largest absolute Gasteiger partial charge is 0.216 e. The smallest absolute Gasteiger partial charge is 0.102 e. The van der Waals surface area contributed by atoms with Crippen LogP contribution in [0, 0.1) is 0 Å². The number of aromatic nitrogens is 3. The van der Waals surface area contributed by atoms with Crippen LogP contribution in [0.5, 0.6) is 0 Å². The van der Waals surface area contributed by atoms with Gasteiger partial charge in [0.25, 0.3) is 0 Å². The van der Waals surface area contributed by atoms with Crippen molar-refractivity contribution in [1.82, 2.24) is 15.0 Å². The Hall–Kier alpha value is -0.770. The highest BCUT2D eigenvalue weighted by molar-refractivity contribution is 6.30. The molecule has 2 aromatic rings. The SMILES string of the molecule is ClCc1nnn(-c2ccc(Cl)cc2)c1CCl. The van der Waals surface area contributed by atoms with Gasteiger partial charge in [0.05, 0.1) is 23.1 Å². The first-order valence-corrected chi connectivity index (χ1v) is 6.02. The molecule has 0 unspecified atom stereocenters. The first-order chi connectivity index (χ1) is 7.76. The molecule has 0 aliphatic carbocycles. The number of rotatable bonds is 3. The number of nitrogens with zero attached hydrogens (tertiary/aromatic N) is 3. The molecule has 0 aliphatic heterocycles. The van der Waals surface area contributed by atoms with Gasteiger partial charge in [0.1, 0.15) is 5.69 Å². The summed E-state index contributed by atoms with van der Waals surface area (Å²) in [6.45, 7) is 0. The molecule has 84 valence electrons. The maximum Gasteiger partial charge on any atom is 0.102 e. The van der Waals surface area contributed by atoms with Crippen LogP contribution in [-0.4, -0.2) is 15.0 Å². The van der Waals surface area contributed by atoms with Crippen LogP contribution in [0.25, 0.3) is 5.69 Å². The van der Waals surface area contributed by atoms with E-state index >= 15 is 0 Å². The van der Waals surface area contributed by atoms with E-state index in [2.05, 4.69) is 10.3 Å². The molecule has 0 aliphatic rings. The summed E-state index contributed by atoms with van der Waals surface area (Å²) in [5.41, 5.74) is 2.37. The van der Waals surface area contributed by atoms with E-state index in [-0.39, 0.29) is 0 Å². The lowest BCUT2D eigenvalue weighted by Crippen LogP contribution is -2.01. The van der Waals surface area contributed by atoms with Gasteiger partial charge in [-0.2, -0.15) is 0 Å². The van der Waals surface area contributed by atoms with Crippen molar-refractivity contribution < 1.29 is 0 Å². The highest BCUT2D eigenvalue weighted by Crippen LogP contribution is 2.18. The van der Waals surface area contributed by atoms with Gasteiger partial charge in [-0.05, 0) is 24.3 Å². The van der Waals surface area contributed by atoms with Gasteiger partial charge in [-0.1, -0.05) is 16.8 Å². The van der Waals surface area contributed by atoms with Crippen molar-refractivity contribution in [1.29, 1.82) is 0 Å². The molecule has 0 bridgehead atoms. The third-order valence-electron chi connectivity index (χ3n) is 2.17. The lowest BCUT2D eigenvalue weighted by Gasteiger charge is -2.04. The molecule has 2 rings (SSSR count). The van der Waals surface area contributed by atoms with Crippen molar-refractivity contribution in [3.63, 3.8) is 0 Å². The van der Waals surface area contributed by atoms with Crippen LogP contribution >= 0.6 is 34.8 Å². The molecule has 6 heteroatoms. The molecule has 1 aromatic heterocycles. The maximum atomic E-state index is 5.85. The minimum Gasteiger partial charge on any atom is -0.216 e. The minimum absolute atomic E-state index is 0.301. The topological polar surface area (TPSA) is 30.7 Å². The Bertz CT molecular complexity index is 479. The fourth-order valence-electron chi connectivity index (χ4n) is 1.36. The van der Waals surface area contributed by atoms with Gasteiger partial charge in [0.2, 0.25) is 0 Å². The molecule has 0 spiro atoms. The number of hydrogen-bond donors (Lipinski definition) is 0. The van der Waals surface area contributed by atoms with Crippen molar-refractivity contribution in [2.45, 2.75) is 11.8 Å². The molecule has 0 N–H and O–H groups in total. The summed E-state index contributed by atoms with van der Waals surface area (Å²) < 4.78 is 1.67. The van der Waals surface area contributed by atoms with Gasteiger partial charge >= 0.3 is 0 Å². The molecule has 0 atom stereocenters. The molecule has 16 heavy (non-hydrogen) atoms. The average Bonchev–Trinajstić information content (AvgIpc) is 2.72. The van der Waals surface area contributed by atoms with Gasteiger partial charge in [0.15, 0.2) is 0 Å². The van der Waals surface area contributed by atoms with E-state index in [1.807, 2.05) is 12.1 Å².